The molecule has 0 radical (unpaired) electrons. The van der Waals surface area contributed by atoms with Gasteiger partial charge in [0.2, 0.25) is 0 Å². The van der Waals surface area contributed by atoms with Crippen molar-refractivity contribution in [1.29, 1.82) is 0 Å². The molecule has 4 heteroatoms. The van der Waals surface area contributed by atoms with Crippen molar-refractivity contribution in [2.24, 2.45) is 5.73 Å². The Balaban J connectivity index is 2.14. The molecule has 2 unspecified atom stereocenters. The Hall–Kier alpha value is -1.91. The van der Waals surface area contributed by atoms with Gasteiger partial charge in [0.25, 0.3) is 0 Å². The van der Waals surface area contributed by atoms with E-state index < -0.39 is 0 Å². The summed E-state index contributed by atoms with van der Waals surface area (Å²) in [4.78, 5) is 4.07. The Labute approximate surface area is 113 Å². The Morgan fingerprint density at radius 3 is 2.53 bits per heavy atom. The minimum Gasteiger partial charge on any atom is -0.383 e. The van der Waals surface area contributed by atoms with Gasteiger partial charge < -0.3 is 16.2 Å². The monoisotopic (exact) mass is 257 g/mol. The lowest BCUT2D eigenvalue weighted by molar-refractivity contribution is 0.0803. The zero-order valence-electron chi connectivity index (χ0n) is 11.0. The van der Waals surface area contributed by atoms with Crippen molar-refractivity contribution >= 4 is 5.82 Å². The van der Waals surface area contributed by atoms with Crippen molar-refractivity contribution in [3.8, 4) is 0 Å². The first-order valence-corrected chi connectivity index (χ1v) is 6.25. The Kier molecular flexibility index (Phi) is 4.49. The van der Waals surface area contributed by atoms with E-state index in [1.807, 2.05) is 42.5 Å². The van der Waals surface area contributed by atoms with E-state index in [2.05, 4.69) is 4.98 Å². The van der Waals surface area contributed by atoms with Crippen LogP contribution >= 0.6 is 0 Å². The minimum atomic E-state index is -0.168. The molecule has 4 nitrogen and oxygen atoms in total. The second-order valence-electron chi connectivity index (χ2n) is 4.48. The fraction of sp³-hybridized carbons (Fsp3) is 0.267. The molecule has 2 atom stereocenters. The van der Waals surface area contributed by atoms with Crippen molar-refractivity contribution < 1.29 is 4.74 Å². The van der Waals surface area contributed by atoms with Crippen LogP contribution in [0.5, 0.6) is 0 Å². The molecule has 0 amide bonds. The zero-order valence-corrected chi connectivity index (χ0v) is 11.0. The average Bonchev–Trinajstić information content (AvgIpc) is 2.43. The molecule has 19 heavy (non-hydrogen) atoms. The van der Waals surface area contributed by atoms with Crippen LogP contribution in [0.15, 0.2) is 48.7 Å². The van der Waals surface area contributed by atoms with Crippen LogP contribution in [-0.2, 0) is 11.2 Å². The predicted octanol–water partition coefficient (Wildman–Crippen LogP) is 1.92. The number of nitrogens with two attached hydrogens (primary N) is 2. The van der Waals surface area contributed by atoms with E-state index in [0.29, 0.717) is 12.2 Å². The van der Waals surface area contributed by atoms with Gasteiger partial charge in [0, 0.05) is 19.3 Å². The average molecular weight is 257 g/mol. The smallest absolute Gasteiger partial charge is 0.126 e. The van der Waals surface area contributed by atoms with Crippen LogP contribution in [0.1, 0.15) is 17.2 Å². The molecule has 0 aliphatic heterocycles. The molecule has 4 N–H and O–H groups in total. The van der Waals surface area contributed by atoms with Crippen molar-refractivity contribution in [3.63, 3.8) is 0 Å². The Bertz CT molecular complexity index is 516. The lowest BCUT2D eigenvalue weighted by atomic mass is 9.97. The van der Waals surface area contributed by atoms with Gasteiger partial charge in [-0.05, 0) is 23.6 Å². The molecule has 1 aromatic carbocycles. The number of hydrogen-bond donors (Lipinski definition) is 2. The van der Waals surface area contributed by atoms with Gasteiger partial charge in [-0.3, -0.25) is 0 Å². The summed E-state index contributed by atoms with van der Waals surface area (Å²) < 4.78 is 5.52. The summed E-state index contributed by atoms with van der Waals surface area (Å²) in [6, 6.07) is 13.6. The maximum Gasteiger partial charge on any atom is 0.126 e. The second-order valence-corrected chi connectivity index (χ2v) is 4.48. The van der Waals surface area contributed by atoms with Gasteiger partial charge in [0.15, 0.2) is 0 Å². The van der Waals surface area contributed by atoms with Crippen molar-refractivity contribution in [1.82, 2.24) is 4.98 Å². The maximum atomic E-state index is 6.25. The molecular formula is C15H19N3O. The Morgan fingerprint density at radius 2 is 1.89 bits per heavy atom. The summed E-state index contributed by atoms with van der Waals surface area (Å²) in [5.41, 5.74) is 14.1. The summed E-state index contributed by atoms with van der Waals surface area (Å²) in [6.45, 7) is 0. The highest BCUT2D eigenvalue weighted by molar-refractivity contribution is 5.39. The SMILES string of the molecule is COC(c1ccccc1)C(N)Cc1cccnc1N. The Morgan fingerprint density at radius 1 is 1.16 bits per heavy atom. The third kappa shape index (κ3) is 3.30. The summed E-state index contributed by atoms with van der Waals surface area (Å²) in [6.07, 6.45) is 2.16. The van der Waals surface area contributed by atoms with E-state index in [0.717, 1.165) is 11.1 Å². The number of ether oxygens (including phenoxy) is 1. The first-order chi connectivity index (χ1) is 9.22. The molecule has 2 rings (SSSR count). The van der Waals surface area contributed by atoms with Gasteiger partial charge in [0.05, 0.1) is 6.10 Å². The largest absolute Gasteiger partial charge is 0.383 e. The van der Waals surface area contributed by atoms with Gasteiger partial charge in [-0.2, -0.15) is 0 Å². The normalized spacial score (nSPS) is 14.0. The fourth-order valence-corrected chi connectivity index (χ4v) is 2.19. The highest BCUT2D eigenvalue weighted by atomic mass is 16.5. The molecule has 100 valence electrons. The van der Waals surface area contributed by atoms with Crippen molar-refractivity contribution in [3.05, 3.63) is 59.8 Å². The van der Waals surface area contributed by atoms with Gasteiger partial charge in [-0.15, -0.1) is 0 Å². The summed E-state index contributed by atoms with van der Waals surface area (Å²) in [5, 5.41) is 0. The molecule has 0 spiro atoms. The minimum absolute atomic E-state index is 0.152. The first-order valence-electron chi connectivity index (χ1n) is 6.25. The molecule has 1 heterocycles. The molecule has 0 aliphatic rings. The van der Waals surface area contributed by atoms with E-state index in [1.54, 1.807) is 13.3 Å². The second kappa shape index (κ2) is 6.31. The standard InChI is InChI=1S/C15H19N3O/c1-19-14(11-6-3-2-4-7-11)13(16)10-12-8-5-9-18-15(12)17/h2-9,13-14H,10,16H2,1H3,(H2,17,18). The molecule has 0 bridgehead atoms. The van der Waals surface area contributed by atoms with Gasteiger partial charge in [0.1, 0.15) is 5.82 Å². The quantitative estimate of drug-likeness (QED) is 0.858. The number of aromatic nitrogens is 1. The molecule has 0 saturated carbocycles. The van der Waals surface area contributed by atoms with Gasteiger partial charge in [-0.25, -0.2) is 4.98 Å². The number of benzene rings is 1. The van der Waals surface area contributed by atoms with Crippen LogP contribution in [0.25, 0.3) is 0 Å². The molecular weight excluding hydrogens is 238 g/mol. The maximum absolute atomic E-state index is 6.25. The first kappa shape index (κ1) is 13.5. The number of nitrogen functional groups attached to an aromatic ring is 1. The molecule has 1 aromatic heterocycles. The highest BCUT2D eigenvalue weighted by Crippen LogP contribution is 2.22. The van der Waals surface area contributed by atoms with Crippen LogP contribution in [-0.4, -0.2) is 18.1 Å². The van der Waals surface area contributed by atoms with Crippen LogP contribution < -0.4 is 11.5 Å². The third-order valence-electron chi connectivity index (χ3n) is 3.15. The van der Waals surface area contributed by atoms with E-state index >= 15 is 0 Å². The number of nitrogens with zero attached hydrogens (tertiary/aromatic N) is 1. The summed E-state index contributed by atoms with van der Waals surface area (Å²) in [7, 11) is 1.67. The van der Waals surface area contributed by atoms with Crippen molar-refractivity contribution in [2.45, 2.75) is 18.6 Å². The van der Waals surface area contributed by atoms with Crippen LogP contribution in [0.3, 0.4) is 0 Å². The van der Waals surface area contributed by atoms with Crippen LogP contribution in [0.4, 0.5) is 5.82 Å². The number of rotatable bonds is 5. The number of hydrogen-bond acceptors (Lipinski definition) is 4. The number of anilines is 1. The summed E-state index contributed by atoms with van der Waals surface area (Å²) in [5.74, 6) is 0.529. The number of methoxy groups -OCH3 is 1. The van der Waals surface area contributed by atoms with Gasteiger partial charge >= 0.3 is 0 Å². The topological polar surface area (TPSA) is 74.2 Å². The van der Waals surface area contributed by atoms with Crippen molar-refractivity contribution in [2.75, 3.05) is 12.8 Å². The van der Waals surface area contributed by atoms with E-state index in [1.165, 1.54) is 0 Å². The van der Waals surface area contributed by atoms with Crippen LogP contribution in [0.2, 0.25) is 0 Å². The van der Waals surface area contributed by atoms with E-state index in [-0.39, 0.29) is 12.1 Å². The zero-order chi connectivity index (χ0) is 13.7. The summed E-state index contributed by atoms with van der Waals surface area (Å²) >= 11 is 0. The van der Waals surface area contributed by atoms with E-state index in [4.69, 9.17) is 16.2 Å². The number of pyridine rings is 1. The molecule has 2 aromatic rings. The van der Waals surface area contributed by atoms with E-state index in [9.17, 15) is 0 Å². The van der Waals surface area contributed by atoms with Crippen LogP contribution in [0, 0.1) is 0 Å². The molecule has 0 saturated heterocycles. The molecule has 0 fully saturated rings. The predicted molar refractivity (Wildman–Crippen MR) is 76.5 cm³/mol. The lowest BCUT2D eigenvalue weighted by Crippen LogP contribution is -2.32. The third-order valence-corrected chi connectivity index (χ3v) is 3.15. The highest BCUT2D eigenvalue weighted by Gasteiger charge is 2.20. The fourth-order valence-electron chi connectivity index (χ4n) is 2.19. The molecule has 0 aliphatic carbocycles. The van der Waals surface area contributed by atoms with Gasteiger partial charge in [-0.1, -0.05) is 36.4 Å². The lowest BCUT2D eigenvalue weighted by Gasteiger charge is -2.23.